The molecule has 3 rings (SSSR count). The Balaban J connectivity index is 1.52. The fourth-order valence-electron chi connectivity index (χ4n) is 2.95. The van der Waals surface area contributed by atoms with Gasteiger partial charge in [0, 0.05) is 50.6 Å². The Bertz CT molecular complexity index is 1060. The molecule has 3 amide bonds. The van der Waals surface area contributed by atoms with Crippen molar-refractivity contribution in [2.24, 2.45) is 0 Å². The van der Waals surface area contributed by atoms with Crippen LogP contribution >= 0.6 is 0 Å². The third-order valence-corrected chi connectivity index (χ3v) is 6.46. The van der Waals surface area contributed by atoms with E-state index < -0.39 is 15.9 Å². The molecule has 10 nitrogen and oxygen atoms in total. The molecular formula is C20H23N5O5S. The summed E-state index contributed by atoms with van der Waals surface area (Å²) in [6.45, 7) is 0.613. The topological polar surface area (TPSA) is 138 Å². The van der Waals surface area contributed by atoms with Crippen LogP contribution in [0.2, 0.25) is 0 Å². The van der Waals surface area contributed by atoms with Crippen LogP contribution < -0.4 is 16.0 Å². The molecule has 0 atom stereocenters. The predicted octanol–water partition coefficient (Wildman–Crippen LogP) is -0.362. The van der Waals surface area contributed by atoms with Gasteiger partial charge in [0.2, 0.25) is 21.8 Å². The number of piperazine rings is 1. The van der Waals surface area contributed by atoms with E-state index in [-0.39, 0.29) is 54.9 Å². The summed E-state index contributed by atoms with van der Waals surface area (Å²) in [5.41, 5.74) is 1.07. The van der Waals surface area contributed by atoms with Gasteiger partial charge in [-0.2, -0.15) is 4.31 Å². The van der Waals surface area contributed by atoms with E-state index in [9.17, 15) is 22.8 Å². The summed E-state index contributed by atoms with van der Waals surface area (Å²) >= 11 is 0. The van der Waals surface area contributed by atoms with Crippen molar-refractivity contribution in [2.75, 3.05) is 26.2 Å². The number of nitrogens with one attached hydrogen (secondary N) is 3. The van der Waals surface area contributed by atoms with E-state index in [0.29, 0.717) is 6.54 Å². The van der Waals surface area contributed by atoms with Gasteiger partial charge in [0.1, 0.15) is 0 Å². The maximum absolute atomic E-state index is 12.8. The van der Waals surface area contributed by atoms with E-state index in [1.54, 1.807) is 24.5 Å². The molecule has 2 heterocycles. The minimum absolute atomic E-state index is 0.0649. The van der Waals surface area contributed by atoms with Gasteiger partial charge in [-0.1, -0.05) is 6.07 Å². The normalized spacial score (nSPS) is 14.5. The molecule has 3 N–H and O–H groups in total. The van der Waals surface area contributed by atoms with Gasteiger partial charge in [0.15, 0.2) is 0 Å². The number of hydrogen-bond acceptors (Lipinski definition) is 6. The number of hydrogen-bond donors (Lipinski definition) is 3. The number of carbonyl (C=O) groups is 3. The minimum Gasteiger partial charge on any atom is -0.354 e. The lowest BCUT2D eigenvalue weighted by atomic mass is 10.2. The van der Waals surface area contributed by atoms with E-state index in [2.05, 4.69) is 20.9 Å². The molecule has 0 bridgehead atoms. The molecule has 1 aromatic heterocycles. The summed E-state index contributed by atoms with van der Waals surface area (Å²) in [5.74, 6) is -1.09. The molecule has 0 aliphatic carbocycles. The molecule has 2 aromatic rings. The summed E-state index contributed by atoms with van der Waals surface area (Å²) in [7, 11) is -3.89. The Morgan fingerprint density at radius 1 is 1.13 bits per heavy atom. The van der Waals surface area contributed by atoms with Gasteiger partial charge in [0.25, 0.3) is 5.91 Å². The predicted molar refractivity (Wildman–Crippen MR) is 111 cm³/mol. The molecule has 164 valence electrons. The van der Waals surface area contributed by atoms with Crippen LogP contribution in [-0.4, -0.2) is 61.6 Å². The first-order valence-electron chi connectivity index (χ1n) is 9.67. The second kappa shape index (κ2) is 10.1. The van der Waals surface area contributed by atoms with E-state index in [1.165, 1.54) is 24.3 Å². The van der Waals surface area contributed by atoms with Crippen molar-refractivity contribution in [1.29, 1.82) is 0 Å². The average Bonchev–Trinajstić information content (AvgIpc) is 2.78. The first kappa shape index (κ1) is 22.4. The Morgan fingerprint density at radius 2 is 1.90 bits per heavy atom. The summed E-state index contributed by atoms with van der Waals surface area (Å²) in [6, 6.07) is 9.18. The number of aromatic nitrogens is 1. The molecule has 1 aliphatic heterocycles. The van der Waals surface area contributed by atoms with Crippen LogP contribution in [0.5, 0.6) is 0 Å². The Labute approximate surface area is 180 Å². The van der Waals surface area contributed by atoms with Crippen molar-refractivity contribution in [2.45, 2.75) is 17.9 Å². The van der Waals surface area contributed by atoms with Crippen molar-refractivity contribution >= 4 is 27.7 Å². The molecule has 0 radical (unpaired) electrons. The van der Waals surface area contributed by atoms with Crippen molar-refractivity contribution in [3.8, 4) is 0 Å². The second-order valence-electron chi connectivity index (χ2n) is 6.85. The summed E-state index contributed by atoms with van der Waals surface area (Å²) < 4.78 is 26.6. The number of carbonyl (C=O) groups excluding carboxylic acids is 3. The van der Waals surface area contributed by atoms with Crippen LogP contribution in [0.4, 0.5) is 0 Å². The van der Waals surface area contributed by atoms with Crippen molar-refractivity contribution in [1.82, 2.24) is 25.2 Å². The zero-order valence-corrected chi connectivity index (χ0v) is 17.5. The number of amides is 3. The van der Waals surface area contributed by atoms with E-state index in [0.717, 1.165) is 9.87 Å². The van der Waals surface area contributed by atoms with Crippen LogP contribution in [0, 0.1) is 0 Å². The Kier molecular flexibility index (Phi) is 7.32. The third-order valence-electron chi connectivity index (χ3n) is 4.61. The number of nitrogens with zero attached hydrogens (tertiary/aromatic N) is 2. The SMILES string of the molecule is O=C(CCNC(=O)c1cccc(S(=O)(=O)N2CCNC(=O)C2)c1)NCc1ccncc1. The maximum atomic E-state index is 12.8. The van der Waals surface area contributed by atoms with Crippen LogP contribution in [0.15, 0.2) is 53.7 Å². The molecule has 1 fully saturated rings. The highest BCUT2D eigenvalue weighted by molar-refractivity contribution is 7.89. The highest BCUT2D eigenvalue weighted by Gasteiger charge is 2.29. The molecule has 1 aromatic carbocycles. The van der Waals surface area contributed by atoms with E-state index >= 15 is 0 Å². The van der Waals surface area contributed by atoms with E-state index in [4.69, 9.17) is 0 Å². The highest BCUT2D eigenvalue weighted by Crippen LogP contribution is 2.18. The van der Waals surface area contributed by atoms with Gasteiger partial charge in [-0.05, 0) is 35.9 Å². The van der Waals surface area contributed by atoms with Crippen molar-refractivity contribution in [3.63, 3.8) is 0 Å². The molecule has 1 aliphatic rings. The smallest absolute Gasteiger partial charge is 0.251 e. The second-order valence-corrected chi connectivity index (χ2v) is 8.79. The summed E-state index contributed by atoms with van der Waals surface area (Å²) in [4.78, 5) is 39.7. The van der Waals surface area contributed by atoms with Crippen LogP contribution in [0.25, 0.3) is 0 Å². The molecule has 31 heavy (non-hydrogen) atoms. The lowest BCUT2D eigenvalue weighted by Crippen LogP contribution is -2.49. The summed E-state index contributed by atoms with van der Waals surface area (Å²) in [6.07, 6.45) is 3.35. The van der Waals surface area contributed by atoms with Gasteiger partial charge in [-0.25, -0.2) is 8.42 Å². The standard InChI is InChI=1S/C20H23N5O5S/c26-18(24-13-15-4-7-21-8-5-15)6-9-23-20(28)16-2-1-3-17(12-16)31(29,30)25-11-10-22-19(27)14-25/h1-5,7-8,12H,6,9-11,13-14H2,(H,22,27)(H,23,28)(H,24,26). The highest BCUT2D eigenvalue weighted by atomic mass is 32.2. The van der Waals surface area contributed by atoms with Crippen LogP contribution in [0.3, 0.4) is 0 Å². The van der Waals surface area contributed by atoms with Crippen LogP contribution in [0.1, 0.15) is 22.3 Å². The molecule has 0 unspecified atom stereocenters. The quantitative estimate of drug-likeness (QED) is 0.507. The van der Waals surface area contributed by atoms with Crippen molar-refractivity contribution in [3.05, 3.63) is 59.9 Å². The molecule has 0 spiro atoms. The fourth-order valence-corrected chi connectivity index (χ4v) is 4.39. The first-order valence-corrected chi connectivity index (χ1v) is 11.1. The van der Waals surface area contributed by atoms with E-state index in [1.807, 2.05) is 0 Å². The Hall–Kier alpha value is -3.31. The lowest BCUT2D eigenvalue weighted by Gasteiger charge is -2.26. The maximum Gasteiger partial charge on any atom is 0.251 e. The zero-order valence-electron chi connectivity index (χ0n) is 16.7. The molecule has 0 saturated carbocycles. The largest absolute Gasteiger partial charge is 0.354 e. The van der Waals surface area contributed by atoms with Gasteiger partial charge >= 0.3 is 0 Å². The van der Waals surface area contributed by atoms with Gasteiger partial charge in [-0.15, -0.1) is 0 Å². The van der Waals surface area contributed by atoms with Gasteiger partial charge in [-0.3, -0.25) is 19.4 Å². The fraction of sp³-hybridized carbons (Fsp3) is 0.300. The average molecular weight is 446 g/mol. The van der Waals surface area contributed by atoms with Gasteiger partial charge < -0.3 is 16.0 Å². The number of pyridine rings is 1. The van der Waals surface area contributed by atoms with Crippen molar-refractivity contribution < 1.29 is 22.8 Å². The van der Waals surface area contributed by atoms with Gasteiger partial charge in [0.05, 0.1) is 11.4 Å². The summed E-state index contributed by atoms with van der Waals surface area (Å²) in [5, 5.41) is 7.93. The van der Waals surface area contributed by atoms with Crippen LogP contribution in [-0.2, 0) is 26.2 Å². The number of rotatable bonds is 8. The molecule has 11 heteroatoms. The molecular weight excluding hydrogens is 422 g/mol. The first-order chi connectivity index (χ1) is 14.9. The lowest BCUT2D eigenvalue weighted by molar-refractivity contribution is -0.123. The third kappa shape index (κ3) is 6.09. The Morgan fingerprint density at radius 3 is 2.65 bits per heavy atom. The monoisotopic (exact) mass is 445 g/mol. The number of sulfonamides is 1. The minimum atomic E-state index is -3.89. The zero-order chi connectivity index (χ0) is 22.3. The molecule has 1 saturated heterocycles. The number of benzene rings is 1.